The number of aryl methyl sites for hydroxylation is 1. The second-order valence-electron chi connectivity index (χ2n) is 16.0. The van der Waals surface area contributed by atoms with Gasteiger partial charge in [0.1, 0.15) is 29.7 Å². The van der Waals surface area contributed by atoms with Gasteiger partial charge >= 0.3 is 29.8 Å². The van der Waals surface area contributed by atoms with Crippen molar-refractivity contribution in [1.82, 2.24) is 26.1 Å². The van der Waals surface area contributed by atoms with E-state index in [1.165, 1.54) is 6.07 Å². The molecule has 4 atom stereocenters. The summed E-state index contributed by atoms with van der Waals surface area (Å²) in [7, 11) is 0. The normalized spacial score (nSPS) is 12.2. The number of carboxylic acids is 5. The number of amides is 5. The van der Waals surface area contributed by atoms with E-state index in [1.54, 1.807) is 61.5 Å². The average molecular weight is 1080 g/mol. The maximum atomic E-state index is 14.2. The molecular weight excluding hydrogens is 1020 g/mol. The van der Waals surface area contributed by atoms with Crippen molar-refractivity contribution in [1.29, 1.82) is 0 Å². The number of H-pyrrole nitrogens is 1. The quantitative estimate of drug-likeness (QED) is 0.0378. The molecule has 5 amide bonds. The van der Waals surface area contributed by atoms with Crippen LogP contribution in [0.4, 0.5) is 15.9 Å². The van der Waals surface area contributed by atoms with Crippen molar-refractivity contribution in [2.45, 2.75) is 88.9 Å². The molecule has 0 saturated heterocycles. The Morgan fingerprint density at radius 1 is 0.630 bits per heavy atom. The molecule has 4 rings (SSSR count). The molecule has 3 aromatic carbocycles. The monoisotopic (exact) mass is 1080 g/mol. The van der Waals surface area contributed by atoms with Gasteiger partial charge in [-0.25, -0.2) is 18.8 Å². The molecule has 0 spiro atoms. The first-order valence-electron chi connectivity index (χ1n) is 21.3. The van der Waals surface area contributed by atoms with Crippen LogP contribution in [0.5, 0.6) is 0 Å². The van der Waals surface area contributed by atoms with Gasteiger partial charge in [-0.1, -0.05) is 42.0 Å². The molecule has 13 N–H and O–H groups in total. The lowest BCUT2D eigenvalue weighted by atomic mass is 9.98. The van der Waals surface area contributed by atoms with E-state index in [4.69, 9.17) is 15.9 Å². The van der Waals surface area contributed by atoms with Crippen molar-refractivity contribution >= 4 is 128 Å². The van der Waals surface area contributed by atoms with Crippen molar-refractivity contribution in [2.75, 3.05) is 10.6 Å². The minimum Gasteiger partial charge on any atom is -0.481 e. The Morgan fingerprint density at radius 3 is 1.70 bits per heavy atom. The number of nitrogens with zero attached hydrogens (tertiary/aromatic N) is 1. The smallest absolute Gasteiger partial charge is 0.326 e. The highest BCUT2D eigenvalue weighted by Crippen LogP contribution is 2.33. The molecule has 0 fully saturated rings. The number of aromatic nitrogens is 2. The van der Waals surface area contributed by atoms with Gasteiger partial charge in [0.05, 0.1) is 29.8 Å². The SMILES string of the molecule is Cc1ccc(F)c(CC(=O)Nc2ccc(-c3cccc4[nH]nc(NC(=O)C[C@H](N)C(=O)N[C@@H](CCC(=O)N[C@@H](CCC(=O)N[C@@H](CCC(=O)CC(C(=O)O)C(=O)O)C(=O)O)C(=O)O)C(=O)O)c34)cc2)c1.S.S.S. The van der Waals surface area contributed by atoms with Crippen LogP contribution in [0.1, 0.15) is 62.5 Å². The van der Waals surface area contributed by atoms with Crippen LogP contribution in [-0.2, 0) is 59.2 Å². The van der Waals surface area contributed by atoms with Gasteiger partial charge in [-0.05, 0) is 67.1 Å². The molecule has 0 saturated carbocycles. The van der Waals surface area contributed by atoms with E-state index in [1.807, 2.05) is 0 Å². The van der Waals surface area contributed by atoms with E-state index in [-0.39, 0.29) is 58.3 Å². The van der Waals surface area contributed by atoms with Gasteiger partial charge in [-0.2, -0.15) is 45.6 Å². The Bertz CT molecular complexity index is 2680. The van der Waals surface area contributed by atoms with Crippen molar-refractivity contribution in [2.24, 2.45) is 11.7 Å². The van der Waals surface area contributed by atoms with E-state index < -0.39 is 152 Å². The molecule has 0 radical (unpaired) electrons. The van der Waals surface area contributed by atoms with Gasteiger partial charge in [0.15, 0.2) is 11.7 Å². The van der Waals surface area contributed by atoms with Gasteiger partial charge in [0.25, 0.3) is 0 Å². The maximum absolute atomic E-state index is 14.2. The minimum absolute atomic E-state index is 0. The van der Waals surface area contributed by atoms with Crippen LogP contribution in [0.25, 0.3) is 22.0 Å². The predicted molar refractivity (Wildman–Crippen MR) is 272 cm³/mol. The summed E-state index contributed by atoms with van der Waals surface area (Å²) < 4.78 is 14.2. The number of fused-ring (bicyclic) bond motifs is 1. The van der Waals surface area contributed by atoms with Crippen LogP contribution in [-0.4, -0.2) is 125 Å². The van der Waals surface area contributed by atoms with Crippen LogP contribution >= 0.6 is 40.5 Å². The van der Waals surface area contributed by atoms with Crippen LogP contribution in [0.15, 0.2) is 60.7 Å². The van der Waals surface area contributed by atoms with Crippen LogP contribution < -0.4 is 32.3 Å². The summed E-state index contributed by atoms with van der Waals surface area (Å²) >= 11 is 0. The third-order valence-corrected chi connectivity index (χ3v) is 10.6. The number of nitrogens with two attached hydrogens (primary N) is 1. The lowest BCUT2D eigenvalue weighted by Gasteiger charge is -2.19. The summed E-state index contributed by atoms with van der Waals surface area (Å²) in [6.45, 7) is 1.79. The molecule has 0 aliphatic rings. The van der Waals surface area contributed by atoms with Gasteiger partial charge in [-0.15, -0.1) is 0 Å². The first-order valence-corrected chi connectivity index (χ1v) is 21.3. The standard InChI is InChI=1S/C45H49FN8O16.3H2S/c1-21-5-11-28(46)23(17-21)18-36(58)48-24-8-6-22(7-9-24)26-3-2-4-30-38(26)39(54-53-30)52-37(59)20-29(47)40(60)51-33(45(69)70)14-16-35(57)50-32(44(67)68)13-15-34(56)49-31(43(65)66)12-10-25(55)19-27(41(61)62)42(63)64;;;/h2-9,11,17,27,29,31-33H,10,12-16,18-20,47H2,1H3,(H,48,58)(H,49,56)(H,50,57)(H,51,60)(H,61,62)(H,63,64)(H,65,66)(H,67,68)(H,69,70)(H2,52,53,54,59);3*1H2/t29-,31-,32-,33-;;;/m0.../s1. The topological polar surface area (TPSA) is 404 Å². The fraction of sp³-hybridized carbons (Fsp3) is 0.333. The lowest BCUT2D eigenvalue weighted by Crippen LogP contribution is -2.50. The highest BCUT2D eigenvalue weighted by atomic mass is 32.1. The molecule has 24 nitrogen and oxygen atoms in total. The van der Waals surface area contributed by atoms with Crippen LogP contribution in [0.3, 0.4) is 0 Å². The number of anilines is 2. The number of halogens is 1. The van der Waals surface area contributed by atoms with Gasteiger partial charge < -0.3 is 57.9 Å². The first-order chi connectivity index (χ1) is 33.0. The minimum atomic E-state index is -2.06. The molecule has 396 valence electrons. The number of carboxylic acid groups (broad SMARTS) is 5. The van der Waals surface area contributed by atoms with Crippen molar-refractivity contribution in [3.63, 3.8) is 0 Å². The largest absolute Gasteiger partial charge is 0.481 e. The molecule has 0 aliphatic heterocycles. The Labute approximate surface area is 435 Å². The van der Waals surface area contributed by atoms with Crippen LogP contribution in [0, 0.1) is 18.7 Å². The molecule has 0 aliphatic carbocycles. The van der Waals surface area contributed by atoms with Crippen LogP contribution in [0.2, 0.25) is 0 Å². The van der Waals surface area contributed by atoms with Gasteiger partial charge in [0.2, 0.25) is 29.5 Å². The molecule has 73 heavy (non-hydrogen) atoms. The Balaban J connectivity index is 0.00000888. The average Bonchev–Trinajstić information content (AvgIpc) is 3.70. The van der Waals surface area contributed by atoms with E-state index >= 15 is 0 Å². The number of hydrogen-bond acceptors (Lipinski definition) is 13. The summed E-state index contributed by atoms with van der Waals surface area (Å²) in [5.41, 5.74) is 9.25. The second kappa shape index (κ2) is 29.7. The van der Waals surface area contributed by atoms with E-state index in [2.05, 4.69) is 36.8 Å². The molecule has 1 aromatic heterocycles. The van der Waals surface area contributed by atoms with Crippen molar-refractivity contribution in [3.8, 4) is 11.1 Å². The highest BCUT2D eigenvalue weighted by molar-refractivity contribution is 7.59. The number of aromatic amines is 1. The second-order valence-corrected chi connectivity index (χ2v) is 16.0. The number of aliphatic carboxylic acids is 5. The van der Waals surface area contributed by atoms with Crippen molar-refractivity contribution in [3.05, 3.63) is 77.6 Å². The number of benzene rings is 3. The van der Waals surface area contributed by atoms with Gasteiger partial charge in [-0.3, -0.25) is 43.5 Å². The fourth-order valence-electron chi connectivity index (χ4n) is 6.88. The zero-order valence-corrected chi connectivity index (χ0v) is 41.7. The Hall–Kier alpha value is -7.56. The van der Waals surface area contributed by atoms with Gasteiger partial charge in [0, 0.05) is 31.4 Å². The number of nitrogens with one attached hydrogen (secondary N) is 6. The zero-order valence-electron chi connectivity index (χ0n) is 38.7. The molecule has 0 unspecified atom stereocenters. The predicted octanol–water partition coefficient (Wildman–Crippen LogP) is 1.65. The number of carbonyl (C=O) groups excluding carboxylic acids is 6. The van der Waals surface area contributed by atoms with E-state index in [0.717, 1.165) is 5.56 Å². The Kier molecular flexibility index (Phi) is 25.8. The highest BCUT2D eigenvalue weighted by Gasteiger charge is 2.31. The number of ketones is 1. The number of hydrogen-bond donors (Lipinski definition) is 12. The summed E-state index contributed by atoms with van der Waals surface area (Å²) in [6.07, 6.45) is -5.43. The molecule has 4 aromatic rings. The Morgan fingerprint density at radius 2 is 1.16 bits per heavy atom. The fourth-order valence-corrected chi connectivity index (χ4v) is 6.88. The lowest BCUT2D eigenvalue weighted by molar-refractivity contribution is -0.156. The molecule has 0 bridgehead atoms. The number of rotatable bonds is 27. The first kappa shape index (κ1) is 63.5. The molecule has 1 heterocycles. The molecular formula is C45H55FN8O16S3. The maximum Gasteiger partial charge on any atom is 0.326 e. The third kappa shape index (κ3) is 19.5. The van der Waals surface area contributed by atoms with E-state index in [9.17, 15) is 72.4 Å². The van der Waals surface area contributed by atoms with Crippen molar-refractivity contribution < 1.29 is 82.7 Å². The summed E-state index contributed by atoms with van der Waals surface area (Å²) in [5, 5.41) is 65.7. The zero-order chi connectivity index (χ0) is 51.8. The summed E-state index contributed by atoms with van der Waals surface area (Å²) in [5.74, 6) is -16.1. The number of Topliss-reactive ketones (excluding diaryl/α,β-unsaturated/α-hetero) is 1. The van der Waals surface area contributed by atoms with E-state index in [0.29, 0.717) is 27.7 Å². The molecule has 28 heteroatoms. The summed E-state index contributed by atoms with van der Waals surface area (Å²) in [4.78, 5) is 134. The third-order valence-electron chi connectivity index (χ3n) is 10.6. The summed E-state index contributed by atoms with van der Waals surface area (Å²) in [6, 6.07) is 9.59. The number of carbonyl (C=O) groups is 11.